The van der Waals surface area contributed by atoms with Gasteiger partial charge in [-0.15, -0.1) is 0 Å². The Bertz CT molecular complexity index is 1270. The summed E-state index contributed by atoms with van der Waals surface area (Å²) >= 11 is 0. The van der Waals surface area contributed by atoms with Crippen LogP contribution in [-0.2, 0) is 6.42 Å². The highest BCUT2D eigenvalue weighted by Crippen LogP contribution is 2.38. The van der Waals surface area contributed by atoms with Gasteiger partial charge in [0.1, 0.15) is 11.6 Å². The first-order valence-corrected chi connectivity index (χ1v) is 10.4. The maximum absolute atomic E-state index is 9.08. The number of oxime groups is 1. The van der Waals surface area contributed by atoms with Crippen molar-refractivity contribution in [2.24, 2.45) is 5.16 Å². The van der Waals surface area contributed by atoms with Crippen LogP contribution in [0.15, 0.2) is 78.0 Å². The predicted octanol–water partition coefficient (Wildman–Crippen LogP) is 5.82. The lowest BCUT2D eigenvalue weighted by Gasteiger charge is -2.19. The van der Waals surface area contributed by atoms with E-state index in [-0.39, 0.29) is 6.04 Å². The van der Waals surface area contributed by atoms with Gasteiger partial charge >= 0.3 is 0 Å². The van der Waals surface area contributed by atoms with E-state index < -0.39 is 0 Å². The van der Waals surface area contributed by atoms with Crippen LogP contribution in [0, 0.1) is 0 Å². The summed E-state index contributed by atoms with van der Waals surface area (Å²) in [6.07, 6.45) is 3.55. The topological polar surface area (TPSA) is 66.7 Å². The molecule has 5 nitrogen and oxygen atoms in total. The Morgan fingerprint density at radius 1 is 1.06 bits per heavy atom. The van der Waals surface area contributed by atoms with Crippen molar-refractivity contribution in [1.29, 1.82) is 0 Å². The van der Waals surface area contributed by atoms with Crippen molar-refractivity contribution in [2.75, 3.05) is 12.4 Å². The summed E-state index contributed by atoms with van der Waals surface area (Å²) < 4.78 is 5.33. The monoisotopic (exact) mass is 409 g/mol. The SMILES string of the molecule is COc1ccc(-c2cc3c(/C=N\O)cccc3nc2N[C@@H]2CCc3ccccc32)cc1. The highest BCUT2D eigenvalue weighted by atomic mass is 16.5. The second-order valence-electron chi connectivity index (χ2n) is 7.71. The normalized spacial score (nSPS) is 15.3. The summed E-state index contributed by atoms with van der Waals surface area (Å²) in [5.41, 5.74) is 6.45. The summed E-state index contributed by atoms with van der Waals surface area (Å²) in [4.78, 5) is 4.99. The van der Waals surface area contributed by atoms with Gasteiger partial charge in [-0.1, -0.05) is 53.7 Å². The largest absolute Gasteiger partial charge is 0.497 e. The molecule has 1 atom stereocenters. The van der Waals surface area contributed by atoms with Crippen molar-refractivity contribution in [3.8, 4) is 16.9 Å². The Morgan fingerprint density at radius 2 is 1.90 bits per heavy atom. The number of nitrogens with one attached hydrogen (secondary N) is 1. The molecule has 0 unspecified atom stereocenters. The molecule has 1 aromatic heterocycles. The number of hydrogen-bond donors (Lipinski definition) is 2. The van der Waals surface area contributed by atoms with Crippen LogP contribution in [0.1, 0.15) is 29.2 Å². The van der Waals surface area contributed by atoms with E-state index in [2.05, 4.69) is 40.8 Å². The average molecular weight is 409 g/mol. The van der Waals surface area contributed by atoms with E-state index in [0.29, 0.717) is 0 Å². The number of hydrogen-bond acceptors (Lipinski definition) is 5. The lowest BCUT2D eigenvalue weighted by Crippen LogP contribution is -2.10. The summed E-state index contributed by atoms with van der Waals surface area (Å²) in [5, 5.41) is 17.0. The molecule has 1 aliphatic carbocycles. The van der Waals surface area contributed by atoms with Crippen LogP contribution >= 0.6 is 0 Å². The fourth-order valence-corrected chi connectivity index (χ4v) is 4.37. The molecule has 4 aromatic rings. The molecule has 0 bridgehead atoms. The Kier molecular flexibility index (Phi) is 5.00. The molecule has 0 spiro atoms. The van der Waals surface area contributed by atoms with Crippen LogP contribution in [-0.4, -0.2) is 23.5 Å². The Balaban J connectivity index is 1.65. The summed E-state index contributed by atoms with van der Waals surface area (Å²) in [5.74, 6) is 1.65. The molecule has 31 heavy (non-hydrogen) atoms. The number of nitrogens with zero attached hydrogens (tertiary/aromatic N) is 2. The van der Waals surface area contributed by atoms with Gasteiger partial charge < -0.3 is 15.3 Å². The molecule has 0 saturated carbocycles. The van der Waals surface area contributed by atoms with Gasteiger partial charge in [0.25, 0.3) is 0 Å². The van der Waals surface area contributed by atoms with Crippen molar-refractivity contribution < 1.29 is 9.94 Å². The Labute approximate surface area is 181 Å². The number of fused-ring (bicyclic) bond motifs is 2. The molecule has 3 aromatic carbocycles. The quantitative estimate of drug-likeness (QED) is 0.248. The van der Waals surface area contributed by atoms with Gasteiger partial charge in [-0.3, -0.25) is 0 Å². The fourth-order valence-electron chi connectivity index (χ4n) is 4.37. The second kappa shape index (κ2) is 8.11. The van der Waals surface area contributed by atoms with E-state index in [1.54, 1.807) is 7.11 Å². The minimum atomic E-state index is 0.223. The molecule has 0 aliphatic heterocycles. The molecule has 154 valence electrons. The highest BCUT2D eigenvalue weighted by molar-refractivity contribution is 6.01. The van der Waals surface area contributed by atoms with Gasteiger partial charge in [-0.25, -0.2) is 4.98 Å². The number of methoxy groups -OCH3 is 1. The number of ether oxygens (including phenoxy) is 1. The van der Waals surface area contributed by atoms with Crippen LogP contribution in [0.5, 0.6) is 5.75 Å². The summed E-state index contributed by atoms with van der Waals surface area (Å²) in [7, 11) is 1.66. The zero-order valence-corrected chi connectivity index (χ0v) is 17.2. The molecule has 1 heterocycles. The third kappa shape index (κ3) is 3.59. The zero-order chi connectivity index (χ0) is 21.2. The van der Waals surface area contributed by atoms with Gasteiger partial charge in [-0.05, 0) is 53.8 Å². The molecular weight excluding hydrogens is 386 g/mol. The number of aryl methyl sites for hydroxylation is 1. The molecule has 5 rings (SSSR count). The van der Waals surface area contributed by atoms with Crippen LogP contribution in [0.25, 0.3) is 22.0 Å². The van der Waals surface area contributed by atoms with Crippen molar-refractivity contribution >= 4 is 22.9 Å². The highest BCUT2D eigenvalue weighted by Gasteiger charge is 2.23. The first-order valence-electron chi connectivity index (χ1n) is 10.4. The number of benzene rings is 3. The molecule has 1 aliphatic rings. The molecular formula is C26H23N3O2. The average Bonchev–Trinajstić information content (AvgIpc) is 3.22. The maximum atomic E-state index is 9.08. The lowest BCUT2D eigenvalue weighted by atomic mass is 10.0. The minimum absolute atomic E-state index is 0.223. The maximum Gasteiger partial charge on any atom is 0.135 e. The van der Waals surface area contributed by atoms with E-state index in [0.717, 1.165) is 52.0 Å². The molecule has 0 radical (unpaired) electrons. The van der Waals surface area contributed by atoms with Gasteiger partial charge in [0.05, 0.1) is 24.9 Å². The molecule has 0 saturated heterocycles. The van der Waals surface area contributed by atoms with Gasteiger partial charge in [0.15, 0.2) is 0 Å². The first-order chi connectivity index (χ1) is 15.3. The lowest BCUT2D eigenvalue weighted by molar-refractivity contribution is 0.322. The van der Waals surface area contributed by atoms with Crippen molar-refractivity contribution in [3.63, 3.8) is 0 Å². The third-order valence-corrected chi connectivity index (χ3v) is 5.93. The number of anilines is 1. The van der Waals surface area contributed by atoms with Crippen LogP contribution < -0.4 is 10.1 Å². The van der Waals surface area contributed by atoms with Crippen LogP contribution in [0.4, 0.5) is 5.82 Å². The molecule has 2 N–H and O–H groups in total. The van der Waals surface area contributed by atoms with E-state index in [4.69, 9.17) is 14.9 Å². The standard InChI is InChI=1S/C26H23N3O2/c1-31-20-12-9-18(10-13-20)23-15-22-19(16-27-30)6-4-8-24(22)28-26(23)29-25-14-11-17-5-2-3-7-21(17)25/h2-10,12-13,15-16,25,30H,11,14H2,1H3,(H,28,29)/b27-16-/t25-/m1/s1. The predicted molar refractivity (Wildman–Crippen MR) is 124 cm³/mol. The van der Waals surface area contributed by atoms with E-state index in [1.807, 2.05) is 42.5 Å². The zero-order valence-electron chi connectivity index (χ0n) is 17.2. The second-order valence-corrected chi connectivity index (χ2v) is 7.71. The van der Waals surface area contributed by atoms with Gasteiger partial charge in [0, 0.05) is 16.5 Å². The summed E-state index contributed by atoms with van der Waals surface area (Å²) in [6.45, 7) is 0. The fraction of sp³-hybridized carbons (Fsp3) is 0.154. The Morgan fingerprint density at radius 3 is 2.71 bits per heavy atom. The minimum Gasteiger partial charge on any atom is -0.497 e. The van der Waals surface area contributed by atoms with Crippen LogP contribution in [0.2, 0.25) is 0 Å². The van der Waals surface area contributed by atoms with Gasteiger partial charge in [-0.2, -0.15) is 0 Å². The number of rotatable bonds is 5. The van der Waals surface area contributed by atoms with E-state index in [1.165, 1.54) is 17.3 Å². The van der Waals surface area contributed by atoms with E-state index in [9.17, 15) is 0 Å². The number of aromatic nitrogens is 1. The first kappa shape index (κ1) is 19.1. The van der Waals surface area contributed by atoms with Gasteiger partial charge in [0.2, 0.25) is 0 Å². The number of pyridine rings is 1. The summed E-state index contributed by atoms with van der Waals surface area (Å²) in [6, 6.07) is 24.7. The Hall–Kier alpha value is -3.86. The van der Waals surface area contributed by atoms with Crippen molar-refractivity contribution in [1.82, 2.24) is 4.98 Å². The smallest absolute Gasteiger partial charge is 0.135 e. The molecule has 0 fully saturated rings. The molecule has 0 amide bonds. The van der Waals surface area contributed by atoms with E-state index >= 15 is 0 Å². The van der Waals surface area contributed by atoms with Crippen molar-refractivity contribution in [2.45, 2.75) is 18.9 Å². The molecule has 5 heteroatoms. The van der Waals surface area contributed by atoms with Crippen molar-refractivity contribution in [3.05, 3.63) is 89.5 Å². The third-order valence-electron chi connectivity index (χ3n) is 5.93. The van der Waals surface area contributed by atoms with Crippen LogP contribution in [0.3, 0.4) is 0 Å².